The molecule has 2 N–H and O–H groups in total. The topological polar surface area (TPSA) is 101 Å². The molecule has 9 heteroatoms. The van der Waals surface area contributed by atoms with Gasteiger partial charge in [0.05, 0.1) is 23.9 Å². The SMILES string of the molecule is O=C(NC1CC1)c1ccc(-n2cc(C(O)C3N(C4CC4)Cc4cncn43)nn2)cc1. The zero-order chi connectivity index (χ0) is 20.2. The zero-order valence-corrected chi connectivity index (χ0v) is 16.4. The van der Waals surface area contributed by atoms with Gasteiger partial charge in [0, 0.05) is 30.4 Å². The van der Waals surface area contributed by atoms with E-state index in [4.69, 9.17) is 0 Å². The van der Waals surface area contributed by atoms with Gasteiger partial charge < -0.3 is 15.0 Å². The lowest BCUT2D eigenvalue weighted by Crippen LogP contribution is -2.31. The number of benzene rings is 1. The summed E-state index contributed by atoms with van der Waals surface area (Å²) in [6.07, 6.45) is 8.82. The number of carbonyl (C=O) groups is 1. The van der Waals surface area contributed by atoms with Crippen molar-refractivity contribution < 1.29 is 9.90 Å². The summed E-state index contributed by atoms with van der Waals surface area (Å²) in [5.41, 5.74) is 3.04. The molecule has 0 radical (unpaired) electrons. The number of hydrogen-bond acceptors (Lipinski definition) is 6. The Morgan fingerprint density at radius 3 is 2.70 bits per heavy atom. The van der Waals surface area contributed by atoms with Crippen LogP contribution in [0.2, 0.25) is 0 Å². The first-order valence-corrected chi connectivity index (χ1v) is 10.5. The van der Waals surface area contributed by atoms with Crippen molar-refractivity contribution in [2.24, 2.45) is 0 Å². The van der Waals surface area contributed by atoms with Gasteiger partial charge in [0.25, 0.3) is 5.91 Å². The van der Waals surface area contributed by atoms with E-state index >= 15 is 0 Å². The van der Waals surface area contributed by atoms with E-state index in [1.807, 2.05) is 22.9 Å². The van der Waals surface area contributed by atoms with E-state index in [1.165, 1.54) is 0 Å². The minimum Gasteiger partial charge on any atom is -0.383 e. The first-order chi connectivity index (χ1) is 14.7. The first kappa shape index (κ1) is 17.8. The van der Waals surface area contributed by atoms with Crippen LogP contribution >= 0.6 is 0 Å². The van der Waals surface area contributed by atoms with Gasteiger partial charge in [0.2, 0.25) is 0 Å². The second-order valence-electron chi connectivity index (χ2n) is 8.44. The highest BCUT2D eigenvalue weighted by Crippen LogP contribution is 2.43. The molecule has 1 aliphatic heterocycles. The van der Waals surface area contributed by atoms with Crippen LogP contribution in [0.3, 0.4) is 0 Å². The summed E-state index contributed by atoms with van der Waals surface area (Å²) in [5, 5.41) is 22.6. The molecule has 1 amide bonds. The highest BCUT2D eigenvalue weighted by atomic mass is 16.3. The Bertz CT molecular complexity index is 1080. The molecule has 3 heterocycles. The molecule has 30 heavy (non-hydrogen) atoms. The van der Waals surface area contributed by atoms with Crippen molar-refractivity contribution in [1.29, 1.82) is 0 Å². The highest BCUT2D eigenvalue weighted by Gasteiger charge is 2.44. The van der Waals surface area contributed by atoms with Crippen LogP contribution in [0.15, 0.2) is 43.0 Å². The standard InChI is InChI=1S/C21H23N7O2/c29-19(21-26(15-7-8-15)10-17-9-22-12-27(17)21)18-11-28(25-24-18)16-5-1-13(2-6-16)20(30)23-14-3-4-14/h1-2,5-6,9,11-12,14-15,19,21,29H,3-4,7-8,10H2,(H,23,30). The summed E-state index contributed by atoms with van der Waals surface area (Å²) in [6, 6.07) is 8.09. The van der Waals surface area contributed by atoms with Crippen LogP contribution in [-0.2, 0) is 6.54 Å². The van der Waals surface area contributed by atoms with Crippen LogP contribution < -0.4 is 5.32 Å². The van der Waals surface area contributed by atoms with E-state index in [9.17, 15) is 9.90 Å². The largest absolute Gasteiger partial charge is 0.383 e. The maximum absolute atomic E-state index is 12.2. The van der Waals surface area contributed by atoms with Gasteiger partial charge in [0.15, 0.2) is 0 Å². The summed E-state index contributed by atoms with van der Waals surface area (Å²) in [7, 11) is 0. The van der Waals surface area contributed by atoms with Crippen LogP contribution in [-0.4, -0.2) is 52.5 Å². The van der Waals surface area contributed by atoms with Crippen molar-refractivity contribution in [1.82, 2.24) is 34.8 Å². The molecule has 9 nitrogen and oxygen atoms in total. The van der Waals surface area contributed by atoms with E-state index in [-0.39, 0.29) is 12.1 Å². The smallest absolute Gasteiger partial charge is 0.251 e. The molecule has 3 aromatic rings. The normalized spacial score (nSPS) is 22.1. The number of imidazole rings is 1. The van der Waals surface area contributed by atoms with E-state index in [0.29, 0.717) is 23.3 Å². The molecule has 2 aliphatic carbocycles. The Morgan fingerprint density at radius 1 is 1.17 bits per heavy atom. The molecule has 3 aliphatic rings. The van der Waals surface area contributed by atoms with Gasteiger partial charge in [-0.1, -0.05) is 5.21 Å². The number of nitrogens with zero attached hydrogens (tertiary/aromatic N) is 6. The lowest BCUT2D eigenvalue weighted by atomic mass is 10.2. The molecule has 1 aromatic carbocycles. The number of hydrogen-bond donors (Lipinski definition) is 2. The van der Waals surface area contributed by atoms with Crippen LogP contribution in [0.5, 0.6) is 0 Å². The molecule has 0 spiro atoms. The van der Waals surface area contributed by atoms with Crippen LogP contribution in [0.25, 0.3) is 5.69 Å². The van der Waals surface area contributed by atoms with Gasteiger partial charge in [0.1, 0.15) is 18.0 Å². The van der Waals surface area contributed by atoms with Crippen LogP contribution in [0.4, 0.5) is 0 Å². The molecule has 2 atom stereocenters. The summed E-state index contributed by atoms with van der Waals surface area (Å²) in [4.78, 5) is 18.7. The maximum atomic E-state index is 12.2. The number of amides is 1. The summed E-state index contributed by atoms with van der Waals surface area (Å²) >= 11 is 0. The second kappa shape index (κ2) is 6.75. The fraction of sp³-hybridized carbons (Fsp3) is 0.429. The van der Waals surface area contributed by atoms with Crippen molar-refractivity contribution in [2.75, 3.05) is 0 Å². The molecule has 0 saturated heterocycles. The Labute approximate surface area is 173 Å². The third-order valence-corrected chi connectivity index (χ3v) is 6.13. The quantitative estimate of drug-likeness (QED) is 0.646. The van der Waals surface area contributed by atoms with Crippen molar-refractivity contribution in [3.63, 3.8) is 0 Å². The maximum Gasteiger partial charge on any atom is 0.251 e. The van der Waals surface area contributed by atoms with Crippen molar-refractivity contribution in [3.05, 3.63) is 59.9 Å². The predicted molar refractivity (Wildman–Crippen MR) is 107 cm³/mol. The van der Waals surface area contributed by atoms with Crippen molar-refractivity contribution in [2.45, 2.75) is 56.6 Å². The molecule has 2 aromatic heterocycles. The molecule has 6 rings (SSSR count). The Hall–Kier alpha value is -3.04. The van der Waals surface area contributed by atoms with Crippen LogP contribution in [0, 0.1) is 0 Å². The van der Waals surface area contributed by atoms with Gasteiger partial charge in [-0.3, -0.25) is 9.69 Å². The minimum atomic E-state index is -0.807. The Balaban J connectivity index is 1.22. The number of rotatable bonds is 6. The van der Waals surface area contributed by atoms with Gasteiger partial charge in [-0.2, -0.15) is 0 Å². The number of aliphatic hydroxyl groups is 1. The third kappa shape index (κ3) is 3.10. The minimum absolute atomic E-state index is 0.0451. The van der Waals surface area contributed by atoms with Gasteiger partial charge in [-0.15, -0.1) is 5.10 Å². The Morgan fingerprint density at radius 2 is 1.97 bits per heavy atom. The van der Waals surface area contributed by atoms with E-state index in [1.54, 1.807) is 29.3 Å². The number of aliphatic hydroxyl groups excluding tert-OH is 1. The average Bonchev–Trinajstić information content (AvgIpc) is 3.63. The number of nitrogens with one attached hydrogen (secondary N) is 1. The summed E-state index contributed by atoms with van der Waals surface area (Å²) in [6.45, 7) is 0.797. The number of aromatic nitrogens is 5. The highest BCUT2D eigenvalue weighted by molar-refractivity contribution is 5.94. The van der Waals surface area contributed by atoms with E-state index in [0.717, 1.165) is 43.6 Å². The Kier molecular flexibility index (Phi) is 4.00. The molecular formula is C21H23N7O2. The van der Waals surface area contributed by atoms with Crippen molar-refractivity contribution in [3.8, 4) is 5.69 Å². The van der Waals surface area contributed by atoms with Crippen molar-refractivity contribution >= 4 is 5.91 Å². The zero-order valence-electron chi connectivity index (χ0n) is 16.4. The predicted octanol–water partition coefficient (Wildman–Crippen LogP) is 1.57. The molecular weight excluding hydrogens is 382 g/mol. The van der Waals surface area contributed by atoms with Gasteiger partial charge in [-0.05, 0) is 49.9 Å². The van der Waals surface area contributed by atoms with Gasteiger partial charge >= 0.3 is 0 Å². The van der Waals surface area contributed by atoms with E-state index < -0.39 is 6.10 Å². The number of fused-ring (bicyclic) bond motifs is 1. The fourth-order valence-corrected chi connectivity index (χ4v) is 4.17. The molecule has 2 fully saturated rings. The average molecular weight is 405 g/mol. The van der Waals surface area contributed by atoms with Crippen LogP contribution in [0.1, 0.15) is 59.7 Å². The first-order valence-electron chi connectivity index (χ1n) is 10.5. The molecule has 0 bridgehead atoms. The molecule has 2 unspecified atom stereocenters. The fourth-order valence-electron chi connectivity index (χ4n) is 4.17. The molecule has 2 saturated carbocycles. The third-order valence-electron chi connectivity index (χ3n) is 6.13. The molecule has 154 valence electrons. The monoisotopic (exact) mass is 405 g/mol. The van der Waals surface area contributed by atoms with Gasteiger partial charge in [-0.25, -0.2) is 9.67 Å². The lowest BCUT2D eigenvalue weighted by molar-refractivity contribution is 0.0157. The number of carbonyl (C=O) groups excluding carboxylic acids is 1. The van der Waals surface area contributed by atoms with E-state index in [2.05, 4.69) is 25.5 Å². The lowest BCUT2D eigenvalue weighted by Gasteiger charge is -2.28. The second-order valence-corrected chi connectivity index (χ2v) is 8.44. The summed E-state index contributed by atoms with van der Waals surface area (Å²) < 4.78 is 3.67. The summed E-state index contributed by atoms with van der Waals surface area (Å²) in [5.74, 6) is -0.0451.